The first-order chi connectivity index (χ1) is 7.15. The summed E-state index contributed by atoms with van der Waals surface area (Å²) < 4.78 is 0. The number of carbonyl (C=O) groups is 1. The van der Waals surface area contributed by atoms with Crippen molar-refractivity contribution >= 4 is 5.91 Å². The molecule has 3 heteroatoms. The van der Waals surface area contributed by atoms with Gasteiger partial charge < -0.3 is 10.0 Å². The molecule has 0 aliphatic carbocycles. The van der Waals surface area contributed by atoms with E-state index < -0.39 is 0 Å². The zero-order chi connectivity index (χ0) is 11.7. The van der Waals surface area contributed by atoms with Gasteiger partial charge in [-0.25, -0.2) is 0 Å². The highest BCUT2D eigenvalue weighted by Gasteiger charge is 2.14. The van der Waals surface area contributed by atoms with Gasteiger partial charge in [-0.05, 0) is 12.3 Å². The van der Waals surface area contributed by atoms with Crippen LogP contribution in [-0.4, -0.2) is 35.6 Å². The second kappa shape index (κ2) is 8.72. The Bertz CT molecular complexity index is 171. The monoisotopic (exact) mass is 215 g/mol. The van der Waals surface area contributed by atoms with E-state index in [1.165, 1.54) is 0 Å². The average Bonchev–Trinajstić information content (AvgIpc) is 2.23. The Hall–Kier alpha value is -0.570. The Morgan fingerprint density at radius 1 is 1.33 bits per heavy atom. The summed E-state index contributed by atoms with van der Waals surface area (Å²) in [7, 11) is 0. The number of hydrogen-bond acceptors (Lipinski definition) is 2. The molecule has 0 aliphatic heterocycles. The summed E-state index contributed by atoms with van der Waals surface area (Å²) >= 11 is 0. The summed E-state index contributed by atoms with van der Waals surface area (Å²) in [5, 5.41) is 8.88. The number of aliphatic hydroxyl groups is 1. The molecule has 0 saturated carbocycles. The van der Waals surface area contributed by atoms with E-state index >= 15 is 0 Å². The van der Waals surface area contributed by atoms with E-state index in [0.29, 0.717) is 18.9 Å². The van der Waals surface area contributed by atoms with Crippen molar-refractivity contribution in [2.45, 2.75) is 46.5 Å². The van der Waals surface area contributed by atoms with Gasteiger partial charge in [0.2, 0.25) is 5.91 Å². The van der Waals surface area contributed by atoms with E-state index in [-0.39, 0.29) is 12.5 Å². The lowest BCUT2D eigenvalue weighted by atomic mass is 10.0. The fourth-order valence-electron chi connectivity index (χ4n) is 1.40. The Balaban J connectivity index is 4.03. The Morgan fingerprint density at radius 2 is 2.00 bits per heavy atom. The highest BCUT2D eigenvalue weighted by Crippen LogP contribution is 2.09. The molecule has 0 heterocycles. The third-order valence-corrected chi connectivity index (χ3v) is 2.72. The molecule has 0 bridgehead atoms. The molecular weight excluding hydrogens is 190 g/mol. The Morgan fingerprint density at radius 3 is 2.47 bits per heavy atom. The molecular formula is C12H25NO2. The maximum Gasteiger partial charge on any atom is 0.222 e. The third-order valence-electron chi connectivity index (χ3n) is 2.72. The molecule has 3 nitrogen and oxygen atoms in total. The molecule has 0 aliphatic rings. The number of aliphatic hydroxyl groups excluding tert-OH is 1. The van der Waals surface area contributed by atoms with Crippen LogP contribution in [0, 0.1) is 5.92 Å². The number of carbonyl (C=O) groups excluding carboxylic acids is 1. The zero-order valence-electron chi connectivity index (χ0n) is 10.3. The molecule has 0 rings (SSSR count). The summed E-state index contributed by atoms with van der Waals surface area (Å²) in [6, 6.07) is 0. The van der Waals surface area contributed by atoms with Gasteiger partial charge in [-0.2, -0.15) is 0 Å². The van der Waals surface area contributed by atoms with Gasteiger partial charge in [-0.15, -0.1) is 0 Å². The molecule has 0 radical (unpaired) electrons. The lowest BCUT2D eigenvalue weighted by Gasteiger charge is -2.23. The van der Waals surface area contributed by atoms with Crippen LogP contribution in [0.2, 0.25) is 0 Å². The van der Waals surface area contributed by atoms with Gasteiger partial charge in [-0.3, -0.25) is 4.79 Å². The van der Waals surface area contributed by atoms with E-state index in [4.69, 9.17) is 5.11 Å². The minimum atomic E-state index is 0.0654. The summed E-state index contributed by atoms with van der Waals surface area (Å²) in [6.45, 7) is 7.63. The number of unbranched alkanes of at least 4 members (excludes halogenated alkanes) is 1. The number of amides is 1. The van der Waals surface area contributed by atoms with Crippen LogP contribution in [0.5, 0.6) is 0 Å². The van der Waals surface area contributed by atoms with E-state index in [2.05, 4.69) is 20.8 Å². The SMILES string of the molecule is CCCCN(CCO)C(=O)CC(C)CC. The number of hydrogen-bond donors (Lipinski definition) is 1. The topological polar surface area (TPSA) is 40.5 Å². The standard InChI is InChI=1S/C12H25NO2/c1-4-6-7-13(8-9-14)12(15)10-11(3)5-2/h11,14H,4-10H2,1-3H3. The fourth-order valence-corrected chi connectivity index (χ4v) is 1.40. The highest BCUT2D eigenvalue weighted by molar-refractivity contribution is 5.76. The highest BCUT2D eigenvalue weighted by atomic mass is 16.3. The smallest absolute Gasteiger partial charge is 0.222 e. The van der Waals surface area contributed by atoms with Gasteiger partial charge in [-0.1, -0.05) is 33.6 Å². The number of nitrogens with zero attached hydrogens (tertiary/aromatic N) is 1. The molecule has 1 N–H and O–H groups in total. The van der Waals surface area contributed by atoms with Crippen LogP contribution < -0.4 is 0 Å². The van der Waals surface area contributed by atoms with Gasteiger partial charge in [0.25, 0.3) is 0 Å². The first-order valence-electron chi connectivity index (χ1n) is 6.04. The summed E-state index contributed by atoms with van der Waals surface area (Å²) in [4.78, 5) is 13.6. The van der Waals surface area contributed by atoms with Crippen molar-refractivity contribution in [2.24, 2.45) is 5.92 Å². The maximum absolute atomic E-state index is 11.8. The average molecular weight is 215 g/mol. The van der Waals surface area contributed by atoms with Crippen LogP contribution >= 0.6 is 0 Å². The quantitative estimate of drug-likeness (QED) is 0.673. The molecule has 0 spiro atoms. The molecule has 0 saturated heterocycles. The summed E-state index contributed by atoms with van der Waals surface area (Å²) in [5.74, 6) is 0.632. The maximum atomic E-state index is 11.8. The first kappa shape index (κ1) is 14.4. The van der Waals surface area contributed by atoms with Crippen LogP contribution in [0.3, 0.4) is 0 Å². The van der Waals surface area contributed by atoms with Crippen LogP contribution in [-0.2, 0) is 4.79 Å². The van der Waals surface area contributed by atoms with Crippen molar-refractivity contribution < 1.29 is 9.90 Å². The molecule has 0 fully saturated rings. The Labute approximate surface area is 93.5 Å². The van der Waals surface area contributed by atoms with Gasteiger partial charge in [0, 0.05) is 19.5 Å². The van der Waals surface area contributed by atoms with Crippen molar-refractivity contribution in [3.05, 3.63) is 0 Å². The van der Waals surface area contributed by atoms with Crippen LogP contribution in [0.1, 0.15) is 46.5 Å². The van der Waals surface area contributed by atoms with Crippen molar-refractivity contribution in [1.29, 1.82) is 0 Å². The van der Waals surface area contributed by atoms with E-state index in [1.807, 2.05) is 0 Å². The van der Waals surface area contributed by atoms with E-state index in [0.717, 1.165) is 25.8 Å². The largest absolute Gasteiger partial charge is 0.395 e. The Kier molecular flexibility index (Phi) is 8.38. The van der Waals surface area contributed by atoms with Crippen molar-refractivity contribution in [3.8, 4) is 0 Å². The minimum Gasteiger partial charge on any atom is -0.395 e. The predicted octanol–water partition coefficient (Wildman–Crippen LogP) is 2.04. The normalized spacial score (nSPS) is 12.5. The molecule has 90 valence electrons. The second-order valence-electron chi connectivity index (χ2n) is 4.18. The van der Waals surface area contributed by atoms with Crippen molar-refractivity contribution in [1.82, 2.24) is 4.90 Å². The zero-order valence-corrected chi connectivity index (χ0v) is 10.3. The van der Waals surface area contributed by atoms with Crippen LogP contribution in [0.25, 0.3) is 0 Å². The van der Waals surface area contributed by atoms with Gasteiger partial charge in [0.15, 0.2) is 0 Å². The predicted molar refractivity (Wildman–Crippen MR) is 62.6 cm³/mol. The second-order valence-corrected chi connectivity index (χ2v) is 4.18. The summed E-state index contributed by atoms with van der Waals surface area (Å²) in [6.07, 6.45) is 3.75. The fraction of sp³-hybridized carbons (Fsp3) is 0.917. The van der Waals surface area contributed by atoms with Crippen molar-refractivity contribution in [2.75, 3.05) is 19.7 Å². The molecule has 1 unspecified atom stereocenters. The molecule has 1 amide bonds. The lowest BCUT2D eigenvalue weighted by molar-refractivity contribution is -0.132. The first-order valence-corrected chi connectivity index (χ1v) is 6.04. The van der Waals surface area contributed by atoms with Gasteiger partial charge in [0.05, 0.1) is 6.61 Å². The van der Waals surface area contributed by atoms with Crippen molar-refractivity contribution in [3.63, 3.8) is 0 Å². The van der Waals surface area contributed by atoms with Crippen LogP contribution in [0.15, 0.2) is 0 Å². The molecule has 1 atom stereocenters. The molecule has 15 heavy (non-hydrogen) atoms. The molecule has 0 aromatic carbocycles. The molecule has 0 aromatic rings. The van der Waals surface area contributed by atoms with Gasteiger partial charge >= 0.3 is 0 Å². The van der Waals surface area contributed by atoms with Gasteiger partial charge in [0.1, 0.15) is 0 Å². The van der Waals surface area contributed by atoms with E-state index in [9.17, 15) is 4.79 Å². The minimum absolute atomic E-state index is 0.0654. The summed E-state index contributed by atoms with van der Waals surface area (Å²) in [5.41, 5.74) is 0. The molecule has 0 aromatic heterocycles. The third kappa shape index (κ3) is 6.50. The van der Waals surface area contributed by atoms with Crippen LogP contribution in [0.4, 0.5) is 0 Å². The number of rotatable bonds is 8. The lowest BCUT2D eigenvalue weighted by Crippen LogP contribution is -2.35. The van der Waals surface area contributed by atoms with E-state index in [1.54, 1.807) is 4.90 Å².